The molecular formula is C36H40BNO2. The Morgan fingerprint density at radius 1 is 0.625 bits per heavy atom. The Balaban J connectivity index is 1.48. The molecule has 2 aliphatic rings. The highest BCUT2D eigenvalue weighted by Gasteiger charge is 2.51. The first kappa shape index (κ1) is 25.9. The average Bonchev–Trinajstić information content (AvgIpc) is 3.35. The number of fused-ring (bicyclic) bond motifs is 6. The molecule has 204 valence electrons. The molecule has 5 aromatic rings. The van der Waals surface area contributed by atoms with Crippen molar-refractivity contribution in [2.24, 2.45) is 0 Å². The Morgan fingerprint density at radius 2 is 1.23 bits per heavy atom. The number of nitrogens with zero attached hydrogens (tertiary/aromatic N) is 1. The van der Waals surface area contributed by atoms with E-state index in [1.165, 1.54) is 56.5 Å². The summed E-state index contributed by atoms with van der Waals surface area (Å²) >= 11 is 0. The van der Waals surface area contributed by atoms with Crippen molar-refractivity contribution >= 4 is 45.2 Å². The summed E-state index contributed by atoms with van der Waals surface area (Å²) in [6.45, 7) is 18.1. The van der Waals surface area contributed by atoms with Crippen molar-refractivity contribution < 1.29 is 9.31 Å². The van der Waals surface area contributed by atoms with E-state index in [1.54, 1.807) is 0 Å². The molecule has 40 heavy (non-hydrogen) atoms. The Morgan fingerprint density at radius 3 is 1.88 bits per heavy atom. The molecule has 0 unspecified atom stereocenters. The molecule has 4 heteroatoms. The molecule has 0 spiro atoms. The lowest BCUT2D eigenvalue weighted by molar-refractivity contribution is 0.00578. The van der Waals surface area contributed by atoms with Gasteiger partial charge in [0, 0.05) is 16.5 Å². The maximum absolute atomic E-state index is 6.34. The summed E-state index contributed by atoms with van der Waals surface area (Å²) in [7, 11) is -0.365. The van der Waals surface area contributed by atoms with E-state index in [-0.39, 0.29) is 29.2 Å². The lowest BCUT2D eigenvalue weighted by atomic mass is 9.63. The molecule has 0 radical (unpaired) electrons. The van der Waals surface area contributed by atoms with Crippen LogP contribution in [-0.4, -0.2) is 22.9 Å². The van der Waals surface area contributed by atoms with E-state index in [4.69, 9.17) is 9.31 Å². The summed E-state index contributed by atoms with van der Waals surface area (Å²) in [5.74, 6) is 0. The predicted molar refractivity (Wildman–Crippen MR) is 169 cm³/mol. The van der Waals surface area contributed by atoms with Gasteiger partial charge in [-0.3, -0.25) is 0 Å². The maximum atomic E-state index is 6.34. The molecule has 1 aliphatic carbocycles. The second-order valence-corrected chi connectivity index (χ2v) is 14.4. The molecular weight excluding hydrogens is 489 g/mol. The van der Waals surface area contributed by atoms with E-state index < -0.39 is 0 Å². The maximum Gasteiger partial charge on any atom is 0.494 e. The third-order valence-corrected chi connectivity index (χ3v) is 10.3. The highest BCUT2D eigenvalue weighted by Crippen LogP contribution is 2.49. The van der Waals surface area contributed by atoms with Gasteiger partial charge >= 0.3 is 7.12 Å². The van der Waals surface area contributed by atoms with Gasteiger partial charge in [-0.25, -0.2) is 0 Å². The van der Waals surface area contributed by atoms with Crippen molar-refractivity contribution in [3.63, 3.8) is 0 Å². The standard InChI is InChI=1S/C36H40BNO2/c1-33(2)19-20-34(3,4)29-22-31-27(21-28(29)33)32-26-12-10-9-11-23(26)13-18-30(32)38(31)25-16-14-24(15-17-25)37-39-35(5,6)36(7,8)40-37/h9-18,21-22H,19-20H2,1-8H3. The lowest BCUT2D eigenvalue weighted by Gasteiger charge is -2.42. The Kier molecular flexibility index (Phi) is 5.33. The van der Waals surface area contributed by atoms with Crippen molar-refractivity contribution in [3.05, 3.63) is 83.9 Å². The summed E-state index contributed by atoms with van der Waals surface area (Å²) in [5, 5.41) is 5.27. The molecule has 0 atom stereocenters. The third kappa shape index (κ3) is 3.65. The Hall–Kier alpha value is -3.08. The second-order valence-electron chi connectivity index (χ2n) is 14.4. The van der Waals surface area contributed by atoms with Crippen molar-refractivity contribution in [2.45, 2.75) is 90.3 Å². The van der Waals surface area contributed by atoms with Gasteiger partial charge in [0.15, 0.2) is 0 Å². The molecule has 2 heterocycles. The molecule has 4 aromatic carbocycles. The van der Waals surface area contributed by atoms with Crippen LogP contribution in [0.25, 0.3) is 38.3 Å². The van der Waals surface area contributed by atoms with Crippen LogP contribution in [-0.2, 0) is 20.1 Å². The highest BCUT2D eigenvalue weighted by molar-refractivity contribution is 6.62. The van der Waals surface area contributed by atoms with Crippen molar-refractivity contribution in [2.75, 3.05) is 0 Å². The highest BCUT2D eigenvalue weighted by atomic mass is 16.7. The van der Waals surface area contributed by atoms with Crippen LogP contribution in [0.4, 0.5) is 0 Å². The van der Waals surface area contributed by atoms with Crippen LogP contribution in [0.5, 0.6) is 0 Å². The van der Waals surface area contributed by atoms with E-state index in [0.29, 0.717) is 0 Å². The normalized spacial score (nSPS) is 20.9. The number of rotatable bonds is 2. The Labute approximate surface area is 238 Å². The zero-order valence-electron chi connectivity index (χ0n) is 25.2. The Bertz CT molecular complexity index is 1790. The van der Waals surface area contributed by atoms with E-state index in [1.807, 2.05) is 0 Å². The molecule has 7 rings (SSSR count). The zero-order chi connectivity index (χ0) is 28.2. The first-order valence-electron chi connectivity index (χ1n) is 14.8. The number of hydrogen-bond donors (Lipinski definition) is 0. The SMILES string of the molecule is CC1(C)CCC(C)(C)c2cc3c(cc21)c1c2ccccc2ccc1n3-c1ccc(B2OC(C)(C)C(C)(C)O2)cc1. The van der Waals surface area contributed by atoms with Crippen molar-refractivity contribution in [1.82, 2.24) is 4.57 Å². The van der Waals surface area contributed by atoms with Crippen LogP contribution in [0.1, 0.15) is 79.4 Å². The number of hydrogen-bond acceptors (Lipinski definition) is 2. The van der Waals surface area contributed by atoms with Crippen LogP contribution >= 0.6 is 0 Å². The summed E-state index contributed by atoms with van der Waals surface area (Å²) in [5.41, 5.74) is 7.30. The van der Waals surface area contributed by atoms with Gasteiger partial charge in [0.1, 0.15) is 0 Å². The van der Waals surface area contributed by atoms with Crippen LogP contribution in [0.3, 0.4) is 0 Å². The third-order valence-electron chi connectivity index (χ3n) is 10.3. The molecule has 0 N–H and O–H groups in total. The van der Waals surface area contributed by atoms with Crippen LogP contribution in [0.2, 0.25) is 0 Å². The summed E-state index contributed by atoms with van der Waals surface area (Å²) in [4.78, 5) is 0. The fraction of sp³-hybridized carbons (Fsp3) is 0.389. The minimum atomic E-state index is -0.365. The van der Waals surface area contributed by atoms with E-state index in [0.717, 1.165) is 11.2 Å². The largest absolute Gasteiger partial charge is 0.494 e. The van der Waals surface area contributed by atoms with Crippen molar-refractivity contribution in [1.29, 1.82) is 0 Å². The van der Waals surface area contributed by atoms with Gasteiger partial charge in [-0.15, -0.1) is 0 Å². The molecule has 0 saturated carbocycles. The summed E-state index contributed by atoms with van der Waals surface area (Å²) < 4.78 is 15.2. The van der Waals surface area contributed by atoms with Gasteiger partial charge in [-0.2, -0.15) is 0 Å². The second kappa shape index (κ2) is 8.24. The van der Waals surface area contributed by atoms with Crippen LogP contribution in [0, 0.1) is 0 Å². The van der Waals surface area contributed by atoms with Gasteiger partial charge in [-0.05, 0) is 109 Å². The quantitative estimate of drug-likeness (QED) is 0.214. The van der Waals surface area contributed by atoms with Crippen LogP contribution < -0.4 is 5.46 Å². The predicted octanol–water partition coefficient (Wildman–Crippen LogP) is 8.59. The van der Waals surface area contributed by atoms with Crippen molar-refractivity contribution in [3.8, 4) is 5.69 Å². The fourth-order valence-electron chi connectivity index (χ4n) is 6.88. The van der Waals surface area contributed by atoms with Gasteiger partial charge in [0.2, 0.25) is 0 Å². The van der Waals surface area contributed by atoms with E-state index in [9.17, 15) is 0 Å². The minimum absolute atomic E-state index is 0.142. The molecule has 1 aromatic heterocycles. The smallest absolute Gasteiger partial charge is 0.399 e. The van der Waals surface area contributed by atoms with Gasteiger partial charge in [0.05, 0.1) is 22.2 Å². The first-order chi connectivity index (χ1) is 18.8. The van der Waals surface area contributed by atoms with Gasteiger partial charge in [-0.1, -0.05) is 70.2 Å². The molecule has 1 saturated heterocycles. The number of aromatic nitrogens is 1. The van der Waals surface area contributed by atoms with Gasteiger partial charge in [0.25, 0.3) is 0 Å². The molecule has 3 nitrogen and oxygen atoms in total. The summed E-state index contributed by atoms with van der Waals surface area (Å²) in [6.07, 6.45) is 2.41. The molecule has 1 fully saturated rings. The van der Waals surface area contributed by atoms with E-state index in [2.05, 4.69) is 133 Å². The van der Waals surface area contributed by atoms with Gasteiger partial charge < -0.3 is 13.9 Å². The molecule has 0 bridgehead atoms. The number of benzene rings is 4. The zero-order valence-corrected chi connectivity index (χ0v) is 25.2. The average molecular weight is 530 g/mol. The molecule has 0 amide bonds. The fourth-order valence-corrected chi connectivity index (χ4v) is 6.88. The van der Waals surface area contributed by atoms with E-state index >= 15 is 0 Å². The monoisotopic (exact) mass is 529 g/mol. The van der Waals surface area contributed by atoms with Crippen LogP contribution in [0.15, 0.2) is 72.8 Å². The summed E-state index contributed by atoms with van der Waals surface area (Å²) in [6, 6.07) is 27.2. The first-order valence-corrected chi connectivity index (χ1v) is 14.8. The molecule has 1 aliphatic heterocycles. The lowest BCUT2D eigenvalue weighted by Crippen LogP contribution is -2.41. The topological polar surface area (TPSA) is 23.4 Å². The minimum Gasteiger partial charge on any atom is -0.399 e.